The number of carbonyl (C=O) groups excluding carboxylic acids is 2. The van der Waals surface area contributed by atoms with Crippen LogP contribution in [-0.2, 0) is 9.53 Å². The maximum atomic E-state index is 12.4. The molecule has 0 spiro atoms. The van der Waals surface area contributed by atoms with Crippen molar-refractivity contribution in [2.45, 2.75) is 6.61 Å². The number of anilines is 1. The molecule has 1 amide bonds. The zero-order valence-corrected chi connectivity index (χ0v) is 14.3. The number of rotatable bonds is 7. The fraction of sp³-hybridized carbons (Fsp3) is 0.176. The molecule has 0 atom stereocenters. The van der Waals surface area contributed by atoms with E-state index in [2.05, 4.69) is 10.1 Å². The Morgan fingerprint density at radius 1 is 1.15 bits per heavy atom. The lowest BCUT2D eigenvalue weighted by Crippen LogP contribution is -2.21. The lowest BCUT2D eigenvalue weighted by atomic mass is 10.2. The average molecular weight is 386 g/mol. The predicted octanol–water partition coefficient (Wildman–Crippen LogP) is 3.75. The first kappa shape index (κ1) is 19.5. The van der Waals surface area contributed by atoms with E-state index in [0.717, 1.165) is 0 Å². The number of alkyl halides is 2. The van der Waals surface area contributed by atoms with Gasteiger partial charge in [0.2, 0.25) is 0 Å². The zero-order valence-electron chi connectivity index (χ0n) is 13.5. The molecule has 0 saturated carbocycles. The van der Waals surface area contributed by atoms with Crippen LogP contribution >= 0.6 is 11.6 Å². The van der Waals surface area contributed by atoms with Crippen molar-refractivity contribution in [1.29, 1.82) is 0 Å². The van der Waals surface area contributed by atoms with Gasteiger partial charge < -0.3 is 19.5 Å². The minimum atomic E-state index is -3.09. The Labute approximate surface area is 152 Å². The van der Waals surface area contributed by atoms with Crippen LogP contribution in [0.4, 0.5) is 14.5 Å². The highest BCUT2D eigenvalue weighted by atomic mass is 35.5. The summed E-state index contributed by atoms with van der Waals surface area (Å²) < 4.78 is 38.9. The number of benzene rings is 2. The van der Waals surface area contributed by atoms with Crippen LogP contribution < -0.4 is 14.8 Å². The number of para-hydroxylation sites is 1. The fourth-order valence-electron chi connectivity index (χ4n) is 2.01. The van der Waals surface area contributed by atoms with Crippen molar-refractivity contribution in [3.63, 3.8) is 0 Å². The van der Waals surface area contributed by atoms with Gasteiger partial charge in [-0.15, -0.1) is 0 Å². The third-order valence-electron chi connectivity index (χ3n) is 3.09. The van der Waals surface area contributed by atoms with E-state index in [1.54, 1.807) is 12.1 Å². The summed E-state index contributed by atoms with van der Waals surface area (Å²) in [5.74, 6) is -1.62. The molecule has 0 aliphatic heterocycles. The summed E-state index contributed by atoms with van der Waals surface area (Å²) in [6.07, 6.45) is 0. The Balaban J connectivity index is 2.00. The van der Waals surface area contributed by atoms with Crippen molar-refractivity contribution >= 4 is 29.2 Å². The maximum Gasteiger partial charge on any atom is 0.387 e. The van der Waals surface area contributed by atoms with Gasteiger partial charge in [0, 0.05) is 5.02 Å². The van der Waals surface area contributed by atoms with E-state index in [1.807, 2.05) is 0 Å². The molecule has 0 unspecified atom stereocenters. The molecule has 9 heteroatoms. The Bertz CT molecular complexity index is 800. The standard InChI is InChI=1S/C17H14ClF2NO5/c1-24-14-7-6-10(18)8-12(14)21-15(22)9-25-16(23)11-4-2-3-5-13(11)26-17(19)20/h2-8,17H,9H2,1H3,(H,21,22). The molecule has 0 saturated heterocycles. The highest BCUT2D eigenvalue weighted by molar-refractivity contribution is 6.31. The number of ether oxygens (including phenoxy) is 3. The fourth-order valence-corrected chi connectivity index (χ4v) is 2.18. The number of amides is 1. The third kappa shape index (κ3) is 5.32. The number of esters is 1. The van der Waals surface area contributed by atoms with Gasteiger partial charge >= 0.3 is 12.6 Å². The quantitative estimate of drug-likeness (QED) is 0.735. The summed E-state index contributed by atoms with van der Waals surface area (Å²) in [7, 11) is 1.42. The van der Waals surface area contributed by atoms with Gasteiger partial charge in [-0.25, -0.2) is 4.79 Å². The molecular weight excluding hydrogens is 372 g/mol. The maximum absolute atomic E-state index is 12.4. The van der Waals surface area contributed by atoms with Crippen molar-refractivity contribution in [3.05, 3.63) is 53.1 Å². The number of carbonyl (C=O) groups is 2. The minimum absolute atomic E-state index is 0.221. The molecule has 0 aromatic heterocycles. The van der Waals surface area contributed by atoms with Crippen molar-refractivity contribution in [1.82, 2.24) is 0 Å². The molecule has 0 aliphatic carbocycles. The van der Waals surface area contributed by atoms with Gasteiger partial charge in [0.15, 0.2) is 6.61 Å². The topological polar surface area (TPSA) is 73.9 Å². The van der Waals surface area contributed by atoms with Crippen molar-refractivity contribution in [2.75, 3.05) is 19.0 Å². The van der Waals surface area contributed by atoms with Gasteiger partial charge in [0.05, 0.1) is 12.8 Å². The molecule has 2 aromatic rings. The van der Waals surface area contributed by atoms with Gasteiger partial charge in [-0.05, 0) is 30.3 Å². The Morgan fingerprint density at radius 3 is 2.58 bits per heavy atom. The molecule has 0 bridgehead atoms. The van der Waals surface area contributed by atoms with Crippen LogP contribution in [0.5, 0.6) is 11.5 Å². The smallest absolute Gasteiger partial charge is 0.387 e. The van der Waals surface area contributed by atoms with E-state index in [4.69, 9.17) is 21.1 Å². The summed E-state index contributed by atoms with van der Waals surface area (Å²) in [6.45, 7) is -3.74. The number of hydrogen-bond acceptors (Lipinski definition) is 5. The van der Waals surface area contributed by atoms with Gasteiger partial charge in [-0.1, -0.05) is 23.7 Å². The molecule has 0 radical (unpaired) electrons. The summed E-state index contributed by atoms with van der Waals surface area (Å²) in [5, 5.41) is 2.85. The highest BCUT2D eigenvalue weighted by Crippen LogP contribution is 2.27. The normalized spacial score (nSPS) is 10.3. The monoisotopic (exact) mass is 385 g/mol. The van der Waals surface area contributed by atoms with Gasteiger partial charge in [-0.2, -0.15) is 8.78 Å². The molecule has 0 heterocycles. The minimum Gasteiger partial charge on any atom is -0.495 e. The number of nitrogens with one attached hydrogen (secondary N) is 1. The van der Waals surface area contributed by atoms with Gasteiger partial charge in [0.25, 0.3) is 5.91 Å². The molecule has 1 N–H and O–H groups in total. The molecule has 2 aromatic carbocycles. The van der Waals surface area contributed by atoms with E-state index in [1.165, 1.54) is 37.4 Å². The average Bonchev–Trinajstić information content (AvgIpc) is 2.60. The first-order valence-electron chi connectivity index (χ1n) is 7.25. The SMILES string of the molecule is COc1ccc(Cl)cc1NC(=O)COC(=O)c1ccccc1OC(F)F. The summed E-state index contributed by atoms with van der Waals surface area (Å²) in [6, 6.07) is 9.92. The third-order valence-corrected chi connectivity index (χ3v) is 3.33. The molecule has 138 valence electrons. The van der Waals surface area contributed by atoms with Crippen LogP contribution in [0.3, 0.4) is 0 Å². The van der Waals surface area contributed by atoms with Crippen LogP contribution in [0, 0.1) is 0 Å². The molecule has 0 fully saturated rings. The van der Waals surface area contributed by atoms with E-state index >= 15 is 0 Å². The lowest BCUT2D eigenvalue weighted by Gasteiger charge is -2.12. The van der Waals surface area contributed by atoms with E-state index in [0.29, 0.717) is 16.5 Å². The summed E-state index contributed by atoms with van der Waals surface area (Å²) in [4.78, 5) is 24.0. The van der Waals surface area contributed by atoms with Crippen molar-refractivity contribution < 1.29 is 32.6 Å². The van der Waals surface area contributed by atoms with Crippen LogP contribution in [0.2, 0.25) is 5.02 Å². The predicted molar refractivity (Wildman–Crippen MR) is 90.0 cm³/mol. The van der Waals surface area contributed by atoms with E-state index in [-0.39, 0.29) is 11.3 Å². The largest absolute Gasteiger partial charge is 0.495 e. The van der Waals surface area contributed by atoms with Crippen LogP contribution in [0.25, 0.3) is 0 Å². The second-order valence-electron chi connectivity index (χ2n) is 4.84. The van der Waals surface area contributed by atoms with E-state index in [9.17, 15) is 18.4 Å². The van der Waals surface area contributed by atoms with Gasteiger partial charge in [0.1, 0.15) is 17.1 Å². The Hall–Kier alpha value is -2.87. The Morgan fingerprint density at radius 2 is 1.88 bits per heavy atom. The molecular formula is C17H14ClF2NO5. The Kier molecular flexibility index (Phi) is 6.74. The zero-order chi connectivity index (χ0) is 19.1. The first-order valence-corrected chi connectivity index (χ1v) is 7.63. The first-order chi connectivity index (χ1) is 12.4. The lowest BCUT2D eigenvalue weighted by molar-refractivity contribution is -0.119. The molecule has 26 heavy (non-hydrogen) atoms. The summed E-state index contributed by atoms with van der Waals surface area (Å²) >= 11 is 5.86. The number of halogens is 3. The number of methoxy groups -OCH3 is 1. The van der Waals surface area contributed by atoms with Crippen LogP contribution in [0.15, 0.2) is 42.5 Å². The van der Waals surface area contributed by atoms with E-state index < -0.39 is 25.1 Å². The van der Waals surface area contributed by atoms with Gasteiger partial charge in [-0.3, -0.25) is 4.79 Å². The molecule has 6 nitrogen and oxygen atoms in total. The molecule has 2 rings (SSSR count). The van der Waals surface area contributed by atoms with Crippen LogP contribution in [-0.4, -0.2) is 32.2 Å². The summed E-state index contributed by atoms with van der Waals surface area (Å²) in [5.41, 5.74) is 0.0726. The second-order valence-corrected chi connectivity index (χ2v) is 5.28. The van der Waals surface area contributed by atoms with Crippen molar-refractivity contribution in [3.8, 4) is 11.5 Å². The highest BCUT2D eigenvalue weighted by Gasteiger charge is 2.18. The number of hydrogen-bond donors (Lipinski definition) is 1. The molecule has 0 aliphatic rings. The van der Waals surface area contributed by atoms with Crippen molar-refractivity contribution in [2.24, 2.45) is 0 Å². The van der Waals surface area contributed by atoms with Crippen LogP contribution in [0.1, 0.15) is 10.4 Å². The second kappa shape index (κ2) is 9.00.